The minimum absolute atomic E-state index is 0.0385. The molecule has 32 heavy (non-hydrogen) atoms. The van der Waals surface area contributed by atoms with E-state index in [0.717, 1.165) is 0 Å². The quantitative estimate of drug-likeness (QED) is 0.276. The first-order chi connectivity index (χ1) is 15.5. The van der Waals surface area contributed by atoms with Gasteiger partial charge in [0.2, 0.25) is 0 Å². The first-order valence-electron chi connectivity index (χ1n) is 10.1. The first-order valence-corrected chi connectivity index (χ1v) is 10.1. The summed E-state index contributed by atoms with van der Waals surface area (Å²) in [6.45, 7) is 0.693. The van der Waals surface area contributed by atoms with E-state index in [4.69, 9.17) is 18.9 Å². The minimum Gasteiger partial charge on any atom is -0.507 e. The van der Waals surface area contributed by atoms with E-state index in [1.807, 2.05) is 0 Å². The molecule has 8 heteroatoms. The molecule has 170 valence electrons. The molecule has 0 aliphatic carbocycles. The van der Waals surface area contributed by atoms with Crippen molar-refractivity contribution in [3.8, 4) is 17.2 Å². The molecule has 0 saturated carbocycles. The molecule has 0 aromatic heterocycles. The molecule has 1 fully saturated rings. The minimum atomic E-state index is -0.834. The van der Waals surface area contributed by atoms with Crippen molar-refractivity contribution in [1.82, 2.24) is 4.90 Å². The van der Waals surface area contributed by atoms with Gasteiger partial charge in [-0.15, -0.1) is 0 Å². The number of amides is 1. The van der Waals surface area contributed by atoms with Gasteiger partial charge in [-0.2, -0.15) is 0 Å². The number of para-hydroxylation sites is 1. The predicted molar refractivity (Wildman–Crippen MR) is 118 cm³/mol. The number of aliphatic hydroxyl groups is 1. The molecule has 0 bridgehead atoms. The Morgan fingerprint density at radius 3 is 2.34 bits per heavy atom. The van der Waals surface area contributed by atoms with Crippen LogP contribution in [-0.4, -0.2) is 63.3 Å². The molecule has 0 spiro atoms. The van der Waals surface area contributed by atoms with Crippen molar-refractivity contribution in [2.24, 2.45) is 0 Å². The lowest BCUT2D eigenvalue weighted by Crippen LogP contribution is -2.31. The number of carbonyl (C=O) groups is 2. The van der Waals surface area contributed by atoms with Crippen molar-refractivity contribution in [3.63, 3.8) is 0 Å². The summed E-state index contributed by atoms with van der Waals surface area (Å²) in [5, 5.41) is 11.3. The summed E-state index contributed by atoms with van der Waals surface area (Å²) in [4.78, 5) is 27.6. The predicted octanol–water partition coefficient (Wildman–Crippen LogP) is 3.17. The van der Waals surface area contributed by atoms with Crippen LogP contribution in [-0.2, 0) is 14.3 Å². The van der Waals surface area contributed by atoms with Gasteiger partial charge in [-0.1, -0.05) is 18.2 Å². The number of ketones is 1. The van der Waals surface area contributed by atoms with E-state index in [9.17, 15) is 14.7 Å². The van der Waals surface area contributed by atoms with Gasteiger partial charge >= 0.3 is 0 Å². The summed E-state index contributed by atoms with van der Waals surface area (Å²) in [7, 11) is 6.04. The molecule has 2 aromatic carbocycles. The maximum absolute atomic E-state index is 13.1. The number of Topliss-reactive ketones (excluding diaryl/α,β-unsaturated/α-hetero) is 1. The Kier molecular flexibility index (Phi) is 7.37. The fourth-order valence-corrected chi connectivity index (χ4v) is 3.85. The largest absolute Gasteiger partial charge is 0.507 e. The van der Waals surface area contributed by atoms with Crippen LogP contribution in [0.15, 0.2) is 48.0 Å². The molecule has 3 rings (SSSR count). The van der Waals surface area contributed by atoms with E-state index >= 15 is 0 Å². The van der Waals surface area contributed by atoms with E-state index < -0.39 is 17.7 Å². The highest BCUT2D eigenvalue weighted by molar-refractivity contribution is 6.46. The van der Waals surface area contributed by atoms with E-state index in [0.29, 0.717) is 35.8 Å². The van der Waals surface area contributed by atoms with E-state index in [1.54, 1.807) is 49.6 Å². The average Bonchev–Trinajstić information content (AvgIpc) is 3.08. The van der Waals surface area contributed by atoms with Crippen LogP contribution < -0.4 is 14.2 Å². The van der Waals surface area contributed by atoms with E-state index in [2.05, 4.69) is 0 Å². The van der Waals surface area contributed by atoms with Gasteiger partial charge in [-0.25, -0.2) is 0 Å². The molecule has 1 atom stereocenters. The third kappa shape index (κ3) is 4.27. The maximum Gasteiger partial charge on any atom is 0.295 e. The third-order valence-corrected chi connectivity index (χ3v) is 5.38. The van der Waals surface area contributed by atoms with Crippen LogP contribution in [0.5, 0.6) is 17.2 Å². The van der Waals surface area contributed by atoms with Crippen molar-refractivity contribution >= 4 is 17.4 Å². The zero-order chi connectivity index (χ0) is 23.3. The van der Waals surface area contributed by atoms with Crippen molar-refractivity contribution in [2.75, 3.05) is 41.6 Å². The van der Waals surface area contributed by atoms with Gasteiger partial charge in [0.15, 0.2) is 0 Å². The summed E-state index contributed by atoms with van der Waals surface area (Å²) >= 11 is 0. The van der Waals surface area contributed by atoms with Gasteiger partial charge < -0.3 is 29.0 Å². The lowest BCUT2D eigenvalue weighted by Gasteiger charge is -2.26. The average molecular weight is 441 g/mol. The Morgan fingerprint density at radius 2 is 1.69 bits per heavy atom. The van der Waals surface area contributed by atoms with Crippen molar-refractivity contribution in [3.05, 3.63) is 59.2 Å². The van der Waals surface area contributed by atoms with Crippen molar-refractivity contribution in [1.29, 1.82) is 0 Å². The maximum atomic E-state index is 13.1. The van der Waals surface area contributed by atoms with Crippen LogP contribution in [0.1, 0.15) is 23.6 Å². The summed E-state index contributed by atoms with van der Waals surface area (Å²) in [5.74, 6) is -0.506. The number of aliphatic hydroxyl groups excluding tert-OH is 1. The normalized spacial score (nSPS) is 17.5. The second-order valence-electron chi connectivity index (χ2n) is 7.15. The summed E-state index contributed by atoms with van der Waals surface area (Å²) in [6.07, 6.45) is 0.525. The van der Waals surface area contributed by atoms with Crippen molar-refractivity contribution in [2.45, 2.75) is 12.5 Å². The topological polar surface area (TPSA) is 94.5 Å². The standard InChI is InChI=1S/C24H27NO7/c1-29-13-7-12-25-21(16-8-5-6-9-18(16)31-3)20(23(27)24(25)28)22(26)17-14-15(30-2)10-11-19(17)32-4/h5-6,8-11,14,21,26H,7,12-13H2,1-4H3/b22-20+. The fraction of sp³-hybridized carbons (Fsp3) is 0.333. The third-order valence-electron chi connectivity index (χ3n) is 5.38. The Hall–Kier alpha value is -3.52. The van der Waals surface area contributed by atoms with E-state index in [-0.39, 0.29) is 23.4 Å². The highest BCUT2D eigenvalue weighted by Gasteiger charge is 2.47. The van der Waals surface area contributed by atoms with Crippen LogP contribution in [0.3, 0.4) is 0 Å². The molecular weight excluding hydrogens is 414 g/mol. The molecule has 1 heterocycles. The number of methoxy groups -OCH3 is 4. The molecule has 0 radical (unpaired) electrons. The molecule has 8 nitrogen and oxygen atoms in total. The van der Waals surface area contributed by atoms with Gasteiger partial charge in [0, 0.05) is 25.8 Å². The number of likely N-dealkylation sites (tertiary alicyclic amines) is 1. The Morgan fingerprint density at radius 1 is 0.969 bits per heavy atom. The summed E-state index contributed by atoms with van der Waals surface area (Å²) in [5.41, 5.74) is 0.806. The molecular formula is C24H27NO7. The van der Waals surface area contributed by atoms with Crippen LogP contribution in [0.25, 0.3) is 5.76 Å². The molecule has 1 unspecified atom stereocenters. The molecule has 2 aromatic rings. The molecule has 1 aliphatic rings. The second kappa shape index (κ2) is 10.2. The number of benzene rings is 2. The highest BCUT2D eigenvalue weighted by atomic mass is 16.5. The van der Waals surface area contributed by atoms with E-state index in [1.165, 1.54) is 26.2 Å². The SMILES string of the molecule is COCCCN1C(=O)C(=O)/C(=C(/O)c2cc(OC)ccc2OC)C1c1ccccc1OC. The summed E-state index contributed by atoms with van der Waals surface area (Å²) < 4.78 is 21.2. The molecule has 1 saturated heterocycles. The zero-order valence-electron chi connectivity index (χ0n) is 18.6. The number of carbonyl (C=O) groups excluding carboxylic acids is 2. The smallest absolute Gasteiger partial charge is 0.295 e. The van der Waals surface area contributed by atoms with Gasteiger partial charge in [-0.05, 0) is 30.7 Å². The second-order valence-corrected chi connectivity index (χ2v) is 7.15. The lowest BCUT2D eigenvalue weighted by molar-refractivity contribution is -0.140. The van der Waals surface area contributed by atoms with Crippen LogP contribution in [0, 0.1) is 0 Å². The number of hydrogen-bond donors (Lipinski definition) is 1. The monoisotopic (exact) mass is 441 g/mol. The molecule has 1 N–H and O–H groups in total. The van der Waals surface area contributed by atoms with Crippen LogP contribution >= 0.6 is 0 Å². The number of ether oxygens (including phenoxy) is 4. The van der Waals surface area contributed by atoms with Crippen LogP contribution in [0.2, 0.25) is 0 Å². The van der Waals surface area contributed by atoms with Gasteiger partial charge in [0.05, 0.1) is 38.5 Å². The highest BCUT2D eigenvalue weighted by Crippen LogP contribution is 2.44. The van der Waals surface area contributed by atoms with Crippen LogP contribution in [0.4, 0.5) is 0 Å². The van der Waals surface area contributed by atoms with Gasteiger partial charge in [0.1, 0.15) is 23.0 Å². The number of hydrogen-bond acceptors (Lipinski definition) is 7. The summed E-state index contributed by atoms with van der Waals surface area (Å²) in [6, 6.07) is 11.1. The van der Waals surface area contributed by atoms with Crippen molar-refractivity contribution < 1.29 is 33.6 Å². The lowest BCUT2D eigenvalue weighted by atomic mass is 9.94. The first kappa shape index (κ1) is 23.1. The van der Waals surface area contributed by atoms with Gasteiger partial charge in [-0.3, -0.25) is 9.59 Å². The Bertz CT molecular complexity index is 1030. The fourth-order valence-electron chi connectivity index (χ4n) is 3.85. The number of rotatable bonds is 9. The van der Waals surface area contributed by atoms with Gasteiger partial charge in [0.25, 0.3) is 11.7 Å². The Labute approximate surface area is 187 Å². The molecule has 1 aliphatic heterocycles. The number of nitrogens with zero attached hydrogens (tertiary/aromatic N) is 1. The Balaban J connectivity index is 2.23. The zero-order valence-corrected chi connectivity index (χ0v) is 18.6. The molecule has 1 amide bonds.